The SMILES string of the molecule is C[C@H]1CCCc2ncc([C@H](CC(=O)NCc3ccco3)c3cccc(F)c3)n21. The first-order chi connectivity index (χ1) is 13.6. The predicted octanol–water partition coefficient (Wildman–Crippen LogP) is 4.35. The van der Waals surface area contributed by atoms with Crippen molar-refractivity contribution in [3.63, 3.8) is 0 Å². The summed E-state index contributed by atoms with van der Waals surface area (Å²) in [6, 6.07) is 10.4. The smallest absolute Gasteiger partial charge is 0.221 e. The molecule has 1 aromatic carbocycles. The van der Waals surface area contributed by atoms with Gasteiger partial charge in [0.2, 0.25) is 5.91 Å². The summed E-state index contributed by atoms with van der Waals surface area (Å²) >= 11 is 0. The van der Waals surface area contributed by atoms with Gasteiger partial charge >= 0.3 is 0 Å². The number of nitrogens with one attached hydrogen (secondary N) is 1. The van der Waals surface area contributed by atoms with Gasteiger partial charge < -0.3 is 14.3 Å². The lowest BCUT2D eigenvalue weighted by Crippen LogP contribution is -2.26. The molecule has 0 spiro atoms. The van der Waals surface area contributed by atoms with E-state index in [0.717, 1.165) is 36.3 Å². The molecule has 6 heteroatoms. The zero-order chi connectivity index (χ0) is 19.5. The second-order valence-electron chi connectivity index (χ2n) is 7.38. The van der Waals surface area contributed by atoms with Crippen molar-refractivity contribution in [2.24, 2.45) is 0 Å². The maximum Gasteiger partial charge on any atom is 0.221 e. The van der Waals surface area contributed by atoms with Gasteiger partial charge in [-0.1, -0.05) is 12.1 Å². The van der Waals surface area contributed by atoms with Crippen LogP contribution < -0.4 is 5.32 Å². The molecule has 0 saturated carbocycles. The fraction of sp³-hybridized carbons (Fsp3) is 0.364. The van der Waals surface area contributed by atoms with E-state index >= 15 is 0 Å². The van der Waals surface area contributed by atoms with Gasteiger partial charge in [-0.2, -0.15) is 0 Å². The van der Waals surface area contributed by atoms with Crippen LogP contribution in [-0.2, 0) is 17.8 Å². The third-order valence-electron chi connectivity index (χ3n) is 5.40. The van der Waals surface area contributed by atoms with Crippen LogP contribution in [0.25, 0.3) is 0 Å². The molecule has 3 aromatic rings. The van der Waals surface area contributed by atoms with Crippen LogP contribution in [0, 0.1) is 5.82 Å². The Hall–Kier alpha value is -2.89. The van der Waals surface area contributed by atoms with Crippen LogP contribution in [0.15, 0.2) is 53.3 Å². The summed E-state index contributed by atoms with van der Waals surface area (Å²) in [4.78, 5) is 17.3. The first kappa shape index (κ1) is 18.5. The van der Waals surface area contributed by atoms with Crippen LogP contribution in [0.2, 0.25) is 0 Å². The summed E-state index contributed by atoms with van der Waals surface area (Å²) in [6.45, 7) is 2.51. The van der Waals surface area contributed by atoms with E-state index in [2.05, 4.69) is 21.8 Å². The summed E-state index contributed by atoms with van der Waals surface area (Å²) in [5, 5.41) is 2.90. The first-order valence-corrected chi connectivity index (χ1v) is 9.72. The number of amides is 1. The summed E-state index contributed by atoms with van der Waals surface area (Å²) in [5.41, 5.74) is 1.76. The van der Waals surface area contributed by atoms with Crippen molar-refractivity contribution < 1.29 is 13.6 Å². The van der Waals surface area contributed by atoms with Crippen molar-refractivity contribution >= 4 is 5.91 Å². The minimum atomic E-state index is -0.301. The van der Waals surface area contributed by atoms with E-state index in [1.165, 1.54) is 12.1 Å². The van der Waals surface area contributed by atoms with Gasteiger partial charge in [0, 0.05) is 36.7 Å². The van der Waals surface area contributed by atoms with Crippen molar-refractivity contribution in [2.45, 2.75) is 51.1 Å². The molecule has 2 atom stereocenters. The van der Waals surface area contributed by atoms with E-state index in [0.29, 0.717) is 18.3 Å². The molecule has 0 bridgehead atoms. The number of nitrogens with zero attached hydrogens (tertiary/aromatic N) is 2. The Balaban J connectivity index is 1.61. The van der Waals surface area contributed by atoms with E-state index in [-0.39, 0.29) is 24.1 Å². The number of hydrogen-bond donors (Lipinski definition) is 1. The number of fused-ring (bicyclic) bond motifs is 1. The number of hydrogen-bond acceptors (Lipinski definition) is 3. The van der Waals surface area contributed by atoms with Crippen molar-refractivity contribution in [3.05, 3.63) is 77.5 Å². The molecule has 1 aliphatic heterocycles. The first-order valence-electron chi connectivity index (χ1n) is 9.72. The van der Waals surface area contributed by atoms with Crippen molar-refractivity contribution in [2.75, 3.05) is 0 Å². The van der Waals surface area contributed by atoms with Crippen LogP contribution >= 0.6 is 0 Å². The number of benzene rings is 1. The molecule has 1 amide bonds. The molecule has 2 aromatic heterocycles. The maximum absolute atomic E-state index is 13.9. The Morgan fingerprint density at radius 1 is 1.39 bits per heavy atom. The molecule has 0 fully saturated rings. The fourth-order valence-electron chi connectivity index (χ4n) is 4.02. The number of halogens is 1. The highest BCUT2D eigenvalue weighted by atomic mass is 19.1. The quantitative estimate of drug-likeness (QED) is 0.690. The molecule has 5 nitrogen and oxygen atoms in total. The molecule has 4 rings (SSSR count). The minimum Gasteiger partial charge on any atom is -0.467 e. The van der Waals surface area contributed by atoms with Gasteiger partial charge in [0.1, 0.15) is 17.4 Å². The van der Waals surface area contributed by atoms with E-state index in [4.69, 9.17) is 4.42 Å². The molecule has 3 heterocycles. The minimum absolute atomic E-state index is 0.107. The Labute approximate surface area is 163 Å². The molecule has 0 saturated heterocycles. The Morgan fingerprint density at radius 2 is 2.29 bits per heavy atom. The lowest BCUT2D eigenvalue weighted by Gasteiger charge is -2.27. The summed E-state index contributed by atoms with van der Waals surface area (Å²) in [7, 11) is 0. The second-order valence-corrected chi connectivity index (χ2v) is 7.38. The molecule has 146 valence electrons. The molecule has 1 aliphatic rings. The summed E-state index contributed by atoms with van der Waals surface area (Å²) in [5.74, 6) is 1.08. The third kappa shape index (κ3) is 3.86. The highest BCUT2D eigenvalue weighted by molar-refractivity contribution is 5.77. The number of carbonyl (C=O) groups excluding carboxylic acids is 1. The predicted molar refractivity (Wildman–Crippen MR) is 103 cm³/mol. The standard InChI is InChI=1S/C22H24FN3O2/c1-15-5-2-9-21-24-14-20(26(15)21)19(16-6-3-7-17(23)11-16)12-22(27)25-13-18-8-4-10-28-18/h3-4,6-8,10-11,14-15,19H,2,5,9,12-13H2,1H3,(H,25,27)/t15-,19+/m0/s1. The van der Waals surface area contributed by atoms with Crippen molar-refractivity contribution in [1.82, 2.24) is 14.9 Å². The van der Waals surface area contributed by atoms with Crippen molar-refractivity contribution in [1.29, 1.82) is 0 Å². The average Bonchev–Trinajstić information content (AvgIpc) is 3.35. The number of carbonyl (C=O) groups is 1. The topological polar surface area (TPSA) is 60.1 Å². The number of imidazole rings is 1. The van der Waals surface area contributed by atoms with Crippen LogP contribution in [0.3, 0.4) is 0 Å². The van der Waals surface area contributed by atoms with Gasteiger partial charge in [-0.05, 0) is 49.6 Å². The molecule has 0 unspecified atom stereocenters. The van der Waals surface area contributed by atoms with Gasteiger partial charge in [-0.15, -0.1) is 0 Å². The van der Waals surface area contributed by atoms with E-state index in [1.54, 1.807) is 18.4 Å². The van der Waals surface area contributed by atoms with E-state index < -0.39 is 0 Å². The second kappa shape index (κ2) is 8.00. The van der Waals surface area contributed by atoms with E-state index in [9.17, 15) is 9.18 Å². The average molecular weight is 381 g/mol. The van der Waals surface area contributed by atoms with Gasteiger partial charge in [0.05, 0.1) is 12.8 Å². The highest BCUT2D eigenvalue weighted by Gasteiger charge is 2.27. The number of aromatic nitrogens is 2. The molecular weight excluding hydrogens is 357 g/mol. The van der Waals surface area contributed by atoms with Gasteiger partial charge in [-0.3, -0.25) is 4.79 Å². The Bertz CT molecular complexity index is 949. The maximum atomic E-state index is 13.9. The molecular formula is C22H24FN3O2. The van der Waals surface area contributed by atoms with Gasteiger partial charge in [0.25, 0.3) is 0 Å². The monoisotopic (exact) mass is 381 g/mol. The number of rotatable bonds is 6. The zero-order valence-electron chi connectivity index (χ0n) is 15.9. The van der Waals surface area contributed by atoms with Crippen LogP contribution in [0.5, 0.6) is 0 Å². The lowest BCUT2D eigenvalue weighted by atomic mass is 9.91. The zero-order valence-corrected chi connectivity index (χ0v) is 15.9. The highest BCUT2D eigenvalue weighted by Crippen LogP contribution is 2.34. The Morgan fingerprint density at radius 3 is 3.07 bits per heavy atom. The lowest BCUT2D eigenvalue weighted by molar-refractivity contribution is -0.121. The summed E-state index contributed by atoms with van der Waals surface area (Å²) < 4.78 is 21.4. The summed E-state index contributed by atoms with van der Waals surface area (Å²) in [6.07, 6.45) is 6.79. The van der Waals surface area contributed by atoms with Crippen LogP contribution in [0.1, 0.15) is 61.0 Å². The molecule has 1 N–H and O–H groups in total. The van der Waals surface area contributed by atoms with Gasteiger partial charge in [0.15, 0.2) is 0 Å². The van der Waals surface area contributed by atoms with Gasteiger partial charge in [-0.25, -0.2) is 9.37 Å². The number of furan rings is 1. The normalized spacial score (nSPS) is 17.1. The largest absolute Gasteiger partial charge is 0.467 e. The molecule has 0 aliphatic carbocycles. The Kier molecular flexibility index (Phi) is 5.28. The van der Waals surface area contributed by atoms with Crippen LogP contribution in [0.4, 0.5) is 4.39 Å². The van der Waals surface area contributed by atoms with Crippen molar-refractivity contribution in [3.8, 4) is 0 Å². The fourth-order valence-corrected chi connectivity index (χ4v) is 4.02. The van der Waals surface area contributed by atoms with Crippen LogP contribution in [-0.4, -0.2) is 15.5 Å². The third-order valence-corrected chi connectivity index (χ3v) is 5.40. The van der Waals surface area contributed by atoms with E-state index in [1.807, 2.05) is 18.3 Å². The molecule has 0 radical (unpaired) electrons. The molecule has 28 heavy (non-hydrogen) atoms. The number of aryl methyl sites for hydroxylation is 1.